The average Bonchev–Trinajstić information content (AvgIpc) is 2.30. The zero-order chi connectivity index (χ0) is 11.4. The minimum atomic E-state index is 0.0500. The Morgan fingerprint density at radius 2 is 2.00 bits per heavy atom. The van der Waals surface area contributed by atoms with Gasteiger partial charge in [-0.05, 0) is 31.2 Å². The second-order valence-electron chi connectivity index (χ2n) is 4.98. The molecule has 16 heavy (non-hydrogen) atoms. The van der Waals surface area contributed by atoms with Crippen molar-refractivity contribution >= 4 is 5.71 Å². The van der Waals surface area contributed by atoms with Crippen molar-refractivity contribution in [3.63, 3.8) is 0 Å². The number of benzene rings is 1. The third-order valence-electron chi connectivity index (χ3n) is 3.65. The Hall–Kier alpha value is -1.31. The van der Waals surface area contributed by atoms with Gasteiger partial charge in [-0.3, -0.25) is 0 Å². The minimum Gasteiger partial charge on any atom is -0.411 e. The fraction of sp³-hybridized carbons (Fsp3) is 0.500. The van der Waals surface area contributed by atoms with Crippen molar-refractivity contribution in [2.24, 2.45) is 10.6 Å². The van der Waals surface area contributed by atoms with Gasteiger partial charge in [-0.15, -0.1) is 0 Å². The van der Waals surface area contributed by atoms with E-state index in [9.17, 15) is 0 Å². The summed E-state index contributed by atoms with van der Waals surface area (Å²) in [6.07, 6.45) is 5.44. The topological polar surface area (TPSA) is 32.6 Å². The van der Waals surface area contributed by atoms with E-state index in [0.717, 1.165) is 31.4 Å². The largest absolute Gasteiger partial charge is 0.411 e. The van der Waals surface area contributed by atoms with Crippen LogP contribution in [0.3, 0.4) is 0 Å². The summed E-state index contributed by atoms with van der Waals surface area (Å²) in [7, 11) is 0. The van der Waals surface area contributed by atoms with Crippen LogP contribution >= 0.6 is 0 Å². The van der Waals surface area contributed by atoms with Crippen LogP contribution in [0.5, 0.6) is 0 Å². The molecule has 1 N–H and O–H groups in total. The zero-order valence-electron chi connectivity index (χ0n) is 9.82. The summed E-state index contributed by atoms with van der Waals surface area (Å²) < 4.78 is 0. The maximum atomic E-state index is 9.09. The van der Waals surface area contributed by atoms with Crippen molar-refractivity contribution in [2.45, 2.75) is 39.0 Å². The maximum Gasteiger partial charge on any atom is 0.0632 e. The molecule has 0 aliphatic heterocycles. The molecule has 1 saturated carbocycles. The summed E-state index contributed by atoms with van der Waals surface area (Å²) in [6.45, 7) is 2.22. The standard InChI is InChI=1S/C14H19NO/c1-14(10-6-5-9-13(14)15-16)11-12-7-3-2-4-8-12/h2-4,7-8,16H,5-6,9-11H2,1H3. The second kappa shape index (κ2) is 4.69. The third-order valence-corrected chi connectivity index (χ3v) is 3.65. The molecule has 1 unspecified atom stereocenters. The predicted molar refractivity (Wildman–Crippen MR) is 65.9 cm³/mol. The number of hydrogen-bond donors (Lipinski definition) is 1. The monoisotopic (exact) mass is 217 g/mol. The predicted octanol–water partition coefficient (Wildman–Crippen LogP) is 3.64. The van der Waals surface area contributed by atoms with E-state index in [1.807, 2.05) is 6.07 Å². The lowest BCUT2D eigenvalue weighted by Crippen LogP contribution is -2.33. The summed E-state index contributed by atoms with van der Waals surface area (Å²) >= 11 is 0. The lowest BCUT2D eigenvalue weighted by molar-refractivity contribution is 0.288. The van der Waals surface area contributed by atoms with Crippen molar-refractivity contribution in [3.8, 4) is 0 Å². The molecule has 2 rings (SSSR count). The van der Waals surface area contributed by atoms with Crippen LogP contribution in [0, 0.1) is 5.41 Å². The van der Waals surface area contributed by atoms with Crippen molar-refractivity contribution in [1.82, 2.24) is 0 Å². The van der Waals surface area contributed by atoms with Crippen LogP contribution in [0.15, 0.2) is 35.5 Å². The van der Waals surface area contributed by atoms with Crippen LogP contribution in [0.1, 0.15) is 38.2 Å². The van der Waals surface area contributed by atoms with Gasteiger partial charge in [-0.1, -0.05) is 48.8 Å². The highest BCUT2D eigenvalue weighted by Gasteiger charge is 2.33. The van der Waals surface area contributed by atoms with E-state index in [4.69, 9.17) is 5.21 Å². The number of rotatable bonds is 2. The van der Waals surface area contributed by atoms with E-state index in [-0.39, 0.29) is 5.41 Å². The molecule has 86 valence electrons. The van der Waals surface area contributed by atoms with Gasteiger partial charge in [0.05, 0.1) is 5.71 Å². The number of oxime groups is 1. The highest BCUT2D eigenvalue weighted by Crippen LogP contribution is 2.36. The molecule has 1 atom stereocenters. The molecule has 1 fully saturated rings. The summed E-state index contributed by atoms with van der Waals surface area (Å²) in [5.41, 5.74) is 2.35. The molecule has 0 bridgehead atoms. The van der Waals surface area contributed by atoms with Crippen molar-refractivity contribution in [1.29, 1.82) is 0 Å². The lowest BCUT2D eigenvalue weighted by Gasteiger charge is -2.34. The van der Waals surface area contributed by atoms with E-state index in [0.29, 0.717) is 0 Å². The van der Waals surface area contributed by atoms with Crippen LogP contribution in [0.4, 0.5) is 0 Å². The van der Waals surface area contributed by atoms with E-state index < -0.39 is 0 Å². The minimum absolute atomic E-state index is 0.0500. The van der Waals surface area contributed by atoms with Gasteiger partial charge in [0.25, 0.3) is 0 Å². The normalized spacial score (nSPS) is 28.2. The van der Waals surface area contributed by atoms with Crippen molar-refractivity contribution in [3.05, 3.63) is 35.9 Å². The van der Waals surface area contributed by atoms with Crippen LogP contribution in [0.25, 0.3) is 0 Å². The molecule has 0 saturated heterocycles. The average molecular weight is 217 g/mol. The van der Waals surface area contributed by atoms with Crippen LogP contribution in [-0.4, -0.2) is 10.9 Å². The molecule has 0 spiro atoms. The molecule has 0 radical (unpaired) electrons. The fourth-order valence-corrected chi connectivity index (χ4v) is 2.66. The Morgan fingerprint density at radius 1 is 1.25 bits per heavy atom. The van der Waals surface area contributed by atoms with E-state index >= 15 is 0 Å². The first-order valence-electron chi connectivity index (χ1n) is 6.00. The Balaban J connectivity index is 2.18. The van der Waals surface area contributed by atoms with Gasteiger partial charge in [0, 0.05) is 5.41 Å². The van der Waals surface area contributed by atoms with Gasteiger partial charge in [-0.2, -0.15) is 0 Å². The molecule has 2 heteroatoms. The highest BCUT2D eigenvalue weighted by molar-refractivity contribution is 5.90. The van der Waals surface area contributed by atoms with Gasteiger partial charge in [0.2, 0.25) is 0 Å². The fourth-order valence-electron chi connectivity index (χ4n) is 2.66. The Morgan fingerprint density at radius 3 is 2.69 bits per heavy atom. The lowest BCUT2D eigenvalue weighted by atomic mass is 9.70. The molecule has 1 aromatic carbocycles. The van der Waals surface area contributed by atoms with Crippen LogP contribution in [-0.2, 0) is 6.42 Å². The van der Waals surface area contributed by atoms with Crippen molar-refractivity contribution < 1.29 is 5.21 Å². The second-order valence-corrected chi connectivity index (χ2v) is 4.98. The van der Waals surface area contributed by atoms with E-state index in [1.54, 1.807) is 0 Å². The molecular formula is C14H19NO. The molecule has 1 aliphatic carbocycles. The third kappa shape index (κ3) is 2.26. The maximum absolute atomic E-state index is 9.09. The SMILES string of the molecule is CC1(Cc2ccccc2)CCCCC1=NO. The number of hydrogen-bond acceptors (Lipinski definition) is 2. The van der Waals surface area contributed by atoms with Crippen LogP contribution < -0.4 is 0 Å². The molecule has 2 nitrogen and oxygen atoms in total. The Labute approximate surface area is 97.0 Å². The summed E-state index contributed by atoms with van der Waals surface area (Å²) in [6, 6.07) is 10.5. The van der Waals surface area contributed by atoms with Gasteiger partial charge < -0.3 is 5.21 Å². The Bertz CT molecular complexity index is 372. The Kier molecular flexibility index (Phi) is 3.28. The molecule has 0 aromatic heterocycles. The number of nitrogens with zero attached hydrogens (tertiary/aromatic N) is 1. The first-order valence-corrected chi connectivity index (χ1v) is 6.00. The van der Waals surface area contributed by atoms with Crippen LogP contribution in [0.2, 0.25) is 0 Å². The summed E-state index contributed by atoms with van der Waals surface area (Å²) in [5.74, 6) is 0. The van der Waals surface area contributed by atoms with E-state index in [1.165, 1.54) is 12.0 Å². The molecule has 0 heterocycles. The zero-order valence-corrected chi connectivity index (χ0v) is 9.82. The van der Waals surface area contributed by atoms with Gasteiger partial charge >= 0.3 is 0 Å². The molecule has 1 aromatic rings. The first-order chi connectivity index (χ1) is 7.74. The van der Waals surface area contributed by atoms with E-state index in [2.05, 4.69) is 36.3 Å². The smallest absolute Gasteiger partial charge is 0.0632 e. The first kappa shape index (κ1) is 11.2. The molecule has 0 amide bonds. The molecular weight excluding hydrogens is 198 g/mol. The quantitative estimate of drug-likeness (QED) is 0.595. The van der Waals surface area contributed by atoms with Crippen molar-refractivity contribution in [2.75, 3.05) is 0 Å². The molecule has 1 aliphatic rings. The van der Waals surface area contributed by atoms with Gasteiger partial charge in [0.15, 0.2) is 0 Å². The van der Waals surface area contributed by atoms with Gasteiger partial charge in [-0.25, -0.2) is 0 Å². The summed E-state index contributed by atoms with van der Waals surface area (Å²) in [4.78, 5) is 0. The highest BCUT2D eigenvalue weighted by atomic mass is 16.4. The van der Waals surface area contributed by atoms with Gasteiger partial charge in [0.1, 0.15) is 0 Å². The summed E-state index contributed by atoms with van der Waals surface area (Å²) in [5, 5.41) is 12.6.